The number of hydrogen-bond donors (Lipinski definition) is 0. The van der Waals surface area contributed by atoms with Gasteiger partial charge in [-0.05, 0) is 25.0 Å². The number of likely N-dealkylation sites (N-methyl/N-ethyl adjacent to an activating group) is 1. The third-order valence-electron chi connectivity index (χ3n) is 4.14. The molecule has 0 aliphatic carbocycles. The van der Waals surface area contributed by atoms with Crippen molar-refractivity contribution >= 4 is 10.9 Å². The van der Waals surface area contributed by atoms with Gasteiger partial charge < -0.3 is 28.5 Å². The van der Waals surface area contributed by atoms with Crippen LogP contribution < -0.4 is 29.5 Å². The summed E-state index contributed by atoms with van der Waals surface area (Å²) in [5.41, 5.74) is 0.846. The zero-order valence-electron chi connectivity index (χ0n) is 13.8. The molecule has 0 aliphatic heterocycles. The van der Waals surface area contributed by atoms with Crippen molar-refractivity contribution in [3.05, 3.63) is 40.9 Å². The van der Waals surface area contributed by atoms with Gasteiger partial charge in [-0.15, -0.1) is 0 Å². The minimum absolute atomic E-state index is 0. The van der Waals surface area contributed by atoms with Crippen LogP contribution in [0.4, 0.5) is 0 Å². The van der Waals surface area contributed by atoms with Gasteiger partial charge in [-0.1, -0.05) is 26.0 Å². The summed E-state index contributed by atoms with van der Waals surface area (Å²) in [6.45, 7) is 8.45. The van der Waals surface area contributed by atoms with Crippen LogP contribution in [0.3, 0.4) is 0 Å². The molecule has 5 heteroatoms. The summed E-state index contributed by atoms with van der Waals surface area (Å²) in [6.07, 6.45) is 4.02. The summed E-state index contributed by atoms with van der Waals surface area (Å²) in [6, 6.07) is 7.54. The van der Waals surface area contributed by atoms with Crippen LogP contribution in [0.25, 0.3) is 10.9 Å². The van der Waals surface area contributed by atoms with Crippen LogP contribution in [-0.2, 0) is 6.54 Å². The van der Waals surface area contributed by atoms with E-state index >= 15 is 0 Å². The molecular formula is C17H26IN3O. The van der Waals surface area contributed by atoms with Gasteiger partial charge in [0.05, 0.1) is 50.5 Å². The molecule has 2 rings (SSSR count). The maximum Gasteiger partial charge on any atom is 0.261 e. The number of nitrogens with zero attached hydrogens (tertiary/aromatic N) is 3. The van der Waals surface area contributed by atoms with E-state index in [1.807, 2.05) is 24.3 Å². The largest absolute Gasteiger partial charge is 1.00 e. The molecule has 1 aromatic carbocycles. The van der Waals surface area contributed by atoms with Gasteiger partial charge in [-0.25, -0.2) is 4.98 Å². The lowest BCUT2D eigenvalue weighted by Crippen LogP contribution is -3.00. The van der Waals surface area contributed by atoms with E-state index in [2.05, 4.69) is 25.9 Å². The lowest BCUT2D eigenvalue weighted by Gasteiger charge is -2.34. The Morgan fingerprint density at radius 3 is 2.36 bits per heavy atom. The SMILES string of the molecule is CCC[N+](C)(CCC)CCn1cnc2ccccc2c1=O.[I-]. The molecule has 0 unspecified atom stereocenters. The van der Waals surface area contributed by atoms with Crippen molar-refractivity contribution < 1.29 is 28.5 Å². The monoisotopic (exact) mass is 415 g/mol. The first-order valence-corrected chi connectivity index (χ1v) is 7.87. The van der Waals surface area contributed by atoms with Gasteiger partial charge in [0.2, 0.25) is 0 Å². The number of hydrogen-bond acceptors (Lipinski definition) is 2. The Bertz CT molecular complexity index is 648. The molecule has 0 atom stereocenters. The summed E-state index contributed by atoms with van der Waals surface area (Å²) in [5.74, 6) is 0. The zero-order valence-corrected chi connectivity index (χ0v) is 15.9. The molecule has 0 spiro atoms. The second kappa shape index (κ2) is 8.62. The molecule has 122 valence electrons. The predicted molar refractivity (Wildman–Crippen MR) is 87.4 cm³/mol. The maximum atomic E-state index is 12.5. The van der Waals surface area contributed by atoms with E-state index in [0.717, 1.165) is 36.2 Å². The number of aromatic nitrogens is 2. The molecule has 0 bridgehead atoms. The van der Waals surface area contributed by atoms with E-state index in [4.69, 9.17) is 0 Å². The van der Waals surface area contributed by atoms with Crippen molar-refractivity contribution in [1.29, 1.82) is 0 Å². The van der Waals surface area contributed by atoms with Gasteiger partial charge in [0, 0.05) is 0 Å². The first-order valence-electron chi connectivity index (χ1n) is 7.87. The molecule has 0 fully saturated rings. The van der Waals surface area contributed by atoms with E-state index in [1.54, 1.807) is 10.9 Å². The molecule has 1 heterocycles. The Morgan fingerprint density at radius 2 is 1.73 bits per heavy atom. The van der Waals surface area contributed by atoms with Crippen LogP contribution in [0.5, 0.6) is 0 Å². The van der Waals surface area contributed by atoms with Gasteiger partial charge in [0.25, 0.3) is 5.56 Å². The van der Waals surface area contributed by atoms with Gasteiger partial charge >= 0.3 is 0 Å². The molecule has 0 saturated carbocycles. The average Bonchev–Trinajstić information content (AvgIpc) is 2.47. The third kappa shape index (κ3) is 4.52. The van der Waals surface area contributed by atoms with Crippen LogP contribution in [0, 0.1) is 0 Å². The molecule has 0 radical (unpaired) electrons. The van der Waals surface area contributed by atoms with Crippen LogP contribution in [0.2, 0.25) is 0 Å². The highest BCUT2D eigenvalue weighted by molar-refractivity contribution is 5.76. The number of quaternary nitrogens is 1. The standard InChI is InChI=1S/C17H26N3O.HI/c1-4-11-20(3,12-5-2)13-10-19-14-18-16-9-7-6-8-15(16)17(19)21;/h6-9,14H,4-5,10-13H2,1-3H3;1H/q+1;/p-1. The second-order valence-electron chi connectivity index (χ2n) is 6.05. The minimum Gasteiger partial charge on any atom is -1.00 e. The fourth-order valence-electron chi connectivity index (χ4n) is 3.03. The van der Waals surface area contributed by atoms with Gasteiger partial charge in [0.1, 0.15) is 0 Å². The van der Waals surface area contributed by atoms with Crippen molar-refractivity contribution in [2.45, 2.75) is 33.2 Å². The third-order valence-corrected chi connectivity index (χ3v) is 4.14. The minimum atomic E-state index is 0. The molecule has 0 aliphatic rings. The number of fused-ring (bicyclic) bond motifs is 1. The summed E-state index contributed by atoms with van der Waals surface area (Å²) >= 11 is 0. The van der Waals surface area contributed by atoms with Crippen LogP contribution in [0.15, 0.2) is 35.4 Å². The normalized spacial score (nSPS) is 11.4. The van der Waals surface area contributed by atoms with E-state index in [-0.39, 0.29) is 29.5 Å². The Balaban J connectivity index is 0.00000242. The van der Waals surface area contributed by atoms with Crippen LogP contribution >= 0.6 is 0 Å². The highest BCUT2D eigenvalue weighted by Crippen LogP contribution is 2.08. The van der Waals surface area contributed by atoms with Crippen LogP contribution in [0.1, 0.15) is 26.7 Å². The highest BCUT2D eigenvalue weighted by atomic mass is 127. The number of rotatable bonds is 7. The molecule has 0 N–H and O–H groups in total. The average molecular weight is 415 g/mol. The van der Waals surface area contributed by atoms with E-state index in [9.17, 15) is 4.79 Å². The molecule has 2 aromatic rings. The summed E-state index contributed by atoms with van der Waals surface area (Å²) < 4.78 is 2.77. The number of para-hydroxylation sites is 1. The Hall–Kier alpha value is -0.950. The van der Waals surface area contributed by atoms with Crippen molar-refractivity contribution in [3.8, 4) is 0 Å². The maximum absolute atomic E-state index is 12.5. The zero-order chi connectivity index (χ0) is 15.3. The Morgan fingerprint density at radius 1 is 1.09 bits per heavy atom. The molecule has 0 amide bonds. The molecular weight excluding hydrogens is 389 g/mol. The summed E-state index contributed by atoms with van der Waals surface area (Å²) in [7, 11) is 2.28. The molecule has 22 heavy (non-hydrogen) atoms. The van der Waals surface area contributed by atoms with Crippen molar-refractivity contribution in [2.75, 3.05) is 26.7 Å². The van der Waals surface area contributed by atoms with E-state index in [0.29, 0.717) is 5.39 Å². The van der Waals surface area contributed by atoms with Gasteiger partial charge in [-0.2, -0.15) is 0 Å². The smallest absolute Gasteiger partial charge is 0.261 e. The first kappa shape index (κ1) is 19.1. The van der Waals surface area contributed by atoms with Gasteiger partial charge in [0.15, 0.2) is 0 Å². The fraction of sp³-hybridized carbons (Fsp3) is 0.529. The van der Waals surface area contributed by atoms with E-state index < -0.39 is 0 Å². The van der Waals surface area contributed by atoms with Crippen LogP contribution in [-0.4, -0.2) is 40.7 Å². The number of benzene rings is 1. The highest BCUT2D eigenvalue weighted by Gasteiger charge is 2.19. The van der Waals surface area contributed by atoms with Crippen molar-refractivity contribution in [3.63, 3.8) is 0 Å². The summed E-state index contributed by atoms with van der Waals surface area (Å²) in [4.78, 5) is 16.9. The fourth-order valence-corrected chi connectivity index (χ4v) is 3.03. The number of halogens is 1. The predicted octanol–water partition coefficient (Wildman–Crippen LogP) is -0.333. The lowest BCUT2D eigenvalue weighted by atomic mass is 10.2. The first-order chi connectivity index (χ1) is 10.1. The quantitative estimate of drug-likeness (QED) is 0.459. The molecule has 4 nitrogen and oxygen atoms in total. The second-order valence-corrected chi connectivity index (χ2v) is 6.05. The van der Waals surface area contributed by atoms with E-state index in [1.165, 1.54) is 12.8 Å². The lowest BCUT2D eigenvalue weighted by molar-refractivity contribution is -0.910. The molecule has 1 aromatic heterocycles. The van der Waals surface area contributed by atoms with Crippen molar-refractivity contribution in [1.82, 2.24) is 9.55 Å². The Labute approximate surface area is 149 Å². The summed E-state index contributed by atoms with van der Waals surface area (Å²) in [5, 5.41) is 0.709. The van der Waals surface area contributed by atoms with Gasteiger partial charge in [-0.3, -0.25) is 9.36 Å². The Kier molecular flexibility index (Phi) is 7.48. The topological polar surface area (TPSA) is 34.9 Å². The van der Waals surface area contributed by atoms with Crippen molar-refractivity contribution in [2.24, 2.45) is 0 Å². The molecule has 0 saturated heterocycles.